The van der Waals surface area contributed by atoms with Crippen molar-refractivity contribution in [3.05, 3.63) is 81.6 Å². The van der Waals surface area contributed by atoms with E-state index >= 15 is 0 Å². The molecule has 0 spiro atoms. The first-order valence-electron chi connectivity index (χ1n) is 13.9. The molecular weight excluding hydrogens is 587 g/mol. The van der Waals surface area contributed by atoms with Crippen LogP contribution in [0, 0.1) is 0 Å². The van der Waals surface area contributed by atoms with E-state index in [2.05, 4.69) is 0 Å². The number of allylic oxidation sites excluding steroid dienone is 1. The maximum absolute atomic E-state index is 14.2. The van der Waals surface area contributed by atoms with Gasteiger partial charge < -0.3 is 14.5 Å². The van der Waals surface area contributed by atoms with Crippen LogP contribution >= 0.6 is 23.4 Å². The quantitative estimate of drug-likeness (QED) is 0.324. The van der Waals surface area contributed by atoms with Crippen molar-refractivity contribution in [2.75, 3.05) is 32.3 Å². The minimum atomic E-state index is -4.69. The zero-order valence-electron chi connectivity index (χ0n) is 23.9. The first-order chi connectivity index (χ1) is 20.0. The van der Waals surface area contributed by atoms with Crippen LogP contribution in [-0.4, -0.2) is 67.1 Å². The lowest BCUT2D eigenvalue weighted by atomic mass is 9.86. The first kappa shape index (κ1) is 30.5. The molecule has 5 rings (SSSR count). The molecule has 1 unspecified atom stereocenters. The molecular formula is C31H33ClF3N3O3S. The number of halogens is 4. The van der Waals surface area contributed by atoms with E-state index in [1.54, 1.807) is 11.8 Å². The largest absolute Gasteiger partial charge is 0.489 e. The van der Waals surface area contributed by atoms with E-state index in [-0.39, 0.29) is 29.6 Å². The van der Waals surface area contributed by atoms with Crippen molar-refractivity contribution in [2.24, 2.45) is 0 Å². The van der Waals surface area contributed by atoms with Gasteiger partial charge in [-0.2, -0.15) is 13.2 Å². The normalized spacial score (nSPS) is 21.7. The van der Waals surface area contributed by atoms with Crippen molar-refractivity contribution in [1.82, 2.24) is 9.80 Å². The molecule has 2 aromatic rings. The monoisotopic (exact) mass is 619 g/mol. The lowest BCUT2D eigenvalue weighted by Gasteiger charge is -2.49. The van der Waals surface area contributed by atoms with Gasteiger partial charge >= 0.3 is 6.18 Å². The summed E-state index contributed by atoms with van der Waals surface area (Å²) in [5.41, 5.74) is 3.67. The molecule has 0 bridgehead atoms. The summed E-state index contributed by atoms with van der Waals surface area (Å²) in [7, 11) is 3.85. The molecule has 42 heavy (non-hydrogen) atoms. The maximum Gasteiger partial charge on any atom is 0.408 e. The lowest BCUT2D eigenvalue weighted by molar-refractivity contribution is -0.193. The van der Waals surface area contributed by atoms with E-state index in [0.29, 0.717) is 12.2 Å². The second-order valence-electron chi connectivity index (χ2n) is 10.9. The number of alkyl halides is 3. The minimum absolute atomic E-state index is 0.110. The number of ether oxygens (including phenoxy) is 1. The molecule has 1 fully saturated rings. The summed E-state index contributed by atoms with van der Waals surface area (Å²) in [6.07, 6.45) is -1.84. The molecule has 1 aliphatic carbocycles. The summed E-state index contributed by atoms with van der Waals surface area (Å²) < 4.78 is 48.5. The summed E-state index contributed by atoms with van der Waals surface area (Å²) in [5.74, 6) is -1.18. The lowest BCUT2D eigenvalue weighted by Crippen LogP contribution is -2.61. The Morgan fingerprint density at radius 1 is 1.14 bits per heavy atom. The molecule has 3 atom stereocenters. The van der Waals surface area contributed by atoms with Gasteiger partial charge in [0, 0.05) is 36.0 Å². The molecule has 3 aliphatic rings. The number of anilines is 1. The summed E-state index contributed by atoms with van der Waals surface area (Å²) >= 11 is 8.14. The number of benzene rings is 2. The number of rotatable bonds is 7. The number of ketones is 1. The molecule has 1 amide bonds. The molecule has 6 nitrogen and oxygen atoms in total. The second kappa shape index (κ2) is 12.0. The van der Waals surface area contributed by atoms with E-state index in [1.165, 1.54) is 6.08 Å². The number of carbonyl (C=O) groups excluding carboxylic acids is 2. The summed E-state index contributed by atoms with van der Waals surface area (Å²) in [4.78, 5) is 32.8. The van der Waals surface area contributed by atoms with Gasteiger partial charge in [-0.3, -0.25) is 14.5 Å². The molecule has 2 aliphatic heterocycles. The minimum Gasteiger partial charge on any atom is -0.489 e. The number of nitrogens with zero attached hydrogens (tertiary/aromatic N) is 3. The van der Waals surface area contributed by atoms with Crippen molar-refractivity contribution in [3.63, 3.8) is 0 Å². The van der Waals surface area contributed by atoms with E-state index in [9.17, 15) is 22.8 Å². The number of hydrogen-bond acceptors (Lipinski definition) is 6. The van der Waals surface area contributed by atoms with Crippen molar-refractivity contribution in [2.45, 2.75) is 61.6 Å². The third-order valence-corrected chi connectivity index (χ3v) is 9.41. The maximum atomic E-state index is 14.2. The highest BCUT2D eigenvalue weighted by Crippen LogP contribution is 2.49. The standard InChI is InChI=1S/C31H33ClF3N3O3S/c1-5-6-14-41-29-26-23(15-21(32)28(29)39)38(17-37(30(26)40)18(2)31(33,34)35)27-20-11-7-8-13-24(20)42-16-19-10-9-12-22(25(19)27)36(3)4/h7-13,15,18,23,27H,5-6,14,16-17H2,1-4H3/t18-,23?,27-/m1/s1. The van der Waals surface area contributed by atoms with Crippen LogP contribution in [0.5, 0.6) is 0 Å². The Morgan fingerprint density at radius 2 is 1.88 bits per heavy atom. The van der Waals surface area contributed by atoms with Gasteiger partial charge in [0.15, 0.2) is 5.76 Å². The third kappa shape index (κ3) is 5.44. The smallest absolute Gasteiger partial charge is 0.408 e. The molecule has 224 valence electrons. The molecule has 2 aromatic carbocycles. The molecule has 0 saturated carbocycles. The van der Waals surface area contributed by atoms with Crippen LogP contribution < -0.4 is 4.90 Å². The fourth-order valence-corrected chi connectivity index (χ4v) is 7.02. The van der Waals surface area contributed by atoms with Crippen LogP contribution in [-0.2, 0) is 20.1 Å². The Balaban J connectivity index is 1.78. The predicted molar refractivity (Wildman–Crippen MR) is 158 cm³/mol. The van der Waals surface area contributed by atoms with Gasteiger partial charge in [-0.05, 0) is 42.7 Å². The van der Waals surface area contributed by atoms with Crippen LogP contribution in [0.4, 0.5) is 18.9 Å². The fraction of sp³-hybridized carbons (Fsp3) is 0.419. The summed E-state index contributed by atoms with van der Waals surface area (Å²) in [6, 6.07) is 10.3. The second-order valence-corrected chi connectivity index (χ2v) is 12.3. The van der Waals surface area contributed by atoms with Gasteiger partial charge in [-0.1, -0.05) is 55.3 Å². The number of amides is 1. The van der Waals surface area contributed by atoms with Crippen LogP contribution in [0.25, 0.3) is 0 Å². The van der Waals surface area contributed by atoms with Gasteiger partial charge in [0.25, 0.3) is 5.91 Å². The third-order valence-electron chi connectivity index (χ3n) is 7.97. The van der Waals surface area contributed by atoms with Crippen molar-refractivity contribution < 1.29 is 27.5 Å². The van der Waals surface area contributed by atoms with E-state index in [1.807, 2.05) is 73.3 Å². The zero-order valence-corrected chi connectivity index (χ0v) is 25.4. The molecule has 1 saturated heterocycles. The number of Topliss-reactive ketones (excluding diaryl/α,β-unsaturated/α-hetero) is 1. The van der Waals surface area contributed by atoms with E-state index < -0.39 is 36.0 Å². The predicted octanol–water partition coefficient (Wildman–Crippen LogP) is 6.65. The Labute approximate surface area is 253 Å². The highest BCUT2D eigenvalue weighted by molar-refractivity contribution is 7.98. The topological polar surface area (TPSA) is 53.1 Å². The summed E-state index contributed by atoms with van der Waals surface area (Å²) in [6.45, 7) is 2.71. The van der Waals surface area contributed by atoms with Crippen LogP contribution in [0.1, 0.15) is 49.4 Å². The van der Waals surface area contributed by atoms with E-state index in [0.717, 1.165) is 45.5 Å². The number of fused-ring (bicyclic) bond motifs is 3. The van der Waals surface area contributed by atoms with Crippen LogP contribution in [0.3, 0.4) is 0 Å². The van der Waals surface area contributed by atoms with Gasteiger partial charge in [-0.25, -0.2) is 0 Å². The SMILES string of the molecule is CCCCOC1=C2C(=O)N([C@H](C)C(F)(F)F)CN([C@@H]3c4ccccc4SCc4cccc(N(C)C)c43)C2C=C(Cl)C1=O. The number of unbranched alkanes of at least 4 members (excludes halogenated alkanes) is 1. The average molecular weight is 620 g/mol. The zero-order chi connectivity index (χ0) is 30.3. The Bertz CT molecular complexity index is 1460. The number of hydrogen-bond donors (Lipinski definition) is 0. The van der Waals surface area contributed by atoms with Crippen molar-refractivity contribution >= 4 is 40.7 Å². The van der Waals surface area contributed by atoms with Gasteiger partial charge in [0.1, 0.15) is 6.04 Å². The van der Waals surface area contributed by atoms with Gasteiger partial charge in [-0.15, -0.1) is 11.8 Å². The van der Waals surface area contributed by atoms with Crippen molar-refractivity contribution in [1.29, 1.82) is 0 Å². The Kier molecular flexibility index (Phi) is 8.70. The number of carbonyl (C=O) groups is 2. The Morgan fingerprint density at radius 3 is 2.57 bits per heavy atom. The first-order valence-corrected chi connectivity index (χ1v) is 15.2. The summed E-state index contributed by atoms with van der Waals surface area (Å²) in [5, 5.41) is -0.122. The molecule has 2 heterocycles. The van der Waals surface area contributed by atoms with Gasteiger partial charge in [0.05, 0.1) is 36.0 Å². The fourth-order valence-electron chi connectivity index (χ4n) is 5.73. The highest BCUT2D eigenvalue weighted by atomic mass is 35.5. The van der Waals surface area contributed by atoms with Crippen LogP contribution in [0.15, 0.2) is 69.8 Å². The van der Waals surface area contributed by atoms with Crippen molar-refractivity contribution in [3.8, 4) is 0 Å². The molecule has 0 aromatic heterocycles. The molecule has 0 N–H and O–H groups in total. The van der Waals surface area contributed by atoms with Gasteiger partial charge in [0.2, 0.25) is 5.78 Å². The average Bonchev–Trinajstić information content (AvgIpc) is 3.11. The molecule has 11 heteroatoms. The highest BCUT2D eigenvalue weighted by Gasteiger charge is 2.52. The Hall–Kier alpha value is -2.95. The molecule has 0 radical (unpaired) electrons. The van der Waals surface area contributed by atoms with Crippen LogP contribution in [0.2, 0.25) is 0 Å². The van der Waals surface area contributed by atoms with E-state index in [4.69, 9.17) is 16.3 Å². The number of thioether (sulfide) groups is 1.